The van der Waals surface area contributed by atoms with E-state index < -0.39 is 0 Å². The molecule has 0 bridgehead atoms. The fraction of sp³-hybridized carbons (Fsp3) is 0.571. The van der Waals surface area contributed by atoms with Gasteiger partial charge in [0.1, 0.15) is 5.75 Å². The summed E-state index contributed by atoms with van der Waals surface area (Å²) in [5.41, 5.74) is 8.02. The molecular weight excluding hydrogens is 228 g/mol. The van der Waals surface area contributed by atoms with Gasteiger partial charge < -0.3 is 20.5 Å². The third-order valence-corrected chi connectivity index (χ3v) is 3.68. The van der Waals surface area contributed by atoms with Crippen LogP contribution in [0.15, 0.2) is 18.2 Å². The Bertz CT molecular complexity index is 391. The van der Waals surface area contributed by atoms with E-state index in [9.17, 15) is 5.11 Å². The topological polar surface area (TPSA) is 58.7 Å². The summed E-state index contributed by atoms with van der Waals surface area (Å²) in [7, 11) is 1.67. The highest BCUT2D eigenvalue weighted by Crippen LogP contribution is 2.33. The highest BCUT2D eigenvalue weighted by atomic mass is 16.5. The van der Waals surface area contributed by atoms with Crippen LogP contribution in [0.4, 0.5) is 5.69 Å². The summed E-state index contributed by atoms with van der Waals surface area (Å²) in [5, 5.41) is 9.25. The van der Waals surface area contributed by atoms with Crippen LogP contribution >= 0.6 is 0 Å². The maximum absolute atomic E-state index is 9.25. The molecule has 0 atom stereocenters. The van der Waals surface area contributed by atoms with Crippen molar-refractivity contribution in [2.45, 2.75) is 31.8 Å². The van der Waals surface area contributed by atoms with Crippen molar-refractivity contribution in [3.8, 4) is 5.75 Å². The molecule has 1 aliphatic carbocycles. The molecule has 0 unspecified atom stereocenters. The van der Waals surface area contributed by atoms with Crippen molar-refractivity contribution in [1.82, 2.24) is 0 Å². The van der Waals surface area contributed by atoms with Crippen LogP contribution in [0.3, 0.4) is 0 Å². The summed E-state index contributed by atoms with van der Waals surface area (Å²) in [6, 6.07) is 6.51. The Balaban J connectivity index is 2.31. The third-order valence-electron chi connectivity index (χ3n) is 3.68. The van der Waals surface area contributed by atoms with E-state index in [0.29, 0.717) is 19.1 Å². The molecule has 4 heteroatoms. The zero-order chi connectivity index (χ0) is 13.0. The number of ether oxygens (including phenoxy) is 1. The number of aliphatic hydroxyl groups excluding tert-OH is 1. The van der Waals surface area contributed by atoms with Gasteiger partial charge in [-0.1, -0.05) is 6.07 Å². The Morgan fingerprint density at radius 1 is 1.44 bits per heavy atom. The molecule has 0 aliphatic heterocycles. The largest absolute Gasteiger partial charge is 0.497 e. The molecule has 1 fully saturated rings. The van der Waals surface area contributed by atoms with Gasteiger partial charge in [-0.3, -0.25) is 0 Å². The van der Waals surface area contributed by atoms with Crippen molar-refractivity contribution >= 4 is 5.69 Å². The molecule has 0 radical (unpaired) electrons. The van der Waals surface area contributed by atoms with Gasteiger partial charge >= 0.3 is 0 Å². The zero-order valence-electron chi connectivity index (χ0n) is 10.9. The number of anilines is 1. The SMILES string of the molecule is COc1ccc(CN)c(N(CCO)C2CCC2)c1. The average molecular weight is 250 g/mol. The minimum atomic E-state index is 0.164. The molecule has 3 N–H and O–H groups in total. The molecule has 0 aromatic heterocycles. The molecule has 0 saturated heterocycles. The van der Waals surface area contributed by atoms with Gasteiger partial charge in [0.15, 0.2) is 0 Å². The summed E-state index contributed by atoms with van der Waals surface area (Å²) in [6.45, 7) is 1.33. The second kappa shape index (κ2) is 6.07. The molecule has 1 saturated carbocycles. The molecule has 0 amide bonds. The van der Waals surface area contributed by atoms with E-state index in [1.807, 2.05) is 18.2 Å². The minimum absolute atomic E-state index is 0.164. The second-order valence-electron chi connectivity index (χ2n) is 4.70. The molecule has 18 heavy (non-hydrogen) atoms. The lowest BCUT2D eigenvalue weighted by atomic mass is 9.90. The smallest absolute Gasteiger partial charge is 0.120 e. The van der Waals surface area contributed by atoms with Crippen LogP contribution in [-0.4, -0.2) is 31.4 Å². The Kier molecular flexibility index (Phi) is 4.44. The molecule has 100 valence electrons. The Hall–Kier alpha value is -1.26. The van der Waals surface area contributed by atoms with Crippen molar-refractivity contribution in [3.05, 3.63) is 23.8 Å². The van der Waals surface area contributed by atoms with E-state index in [4.69, 9.17) is 10.5 Å². The molecule has 1 aliphatic rings. The van der Waals surface area contributed by atoms with E-state index in [2.05, 4.69) is 4.90 Å². The van der Waals surface area contributed by atoms with Gasteiger partial charge in [-0.15, -0.1) is 0 Å². The van der Waals surface area contributed by atoms with Crippen LogP contribution in [0.1, 0.15) is 24.8 Å². The molecular formula is C14H22N2O2. The molecule has 1 aromatic rings. The summed E-state index contributed by atoms with van der Waals surface area (Å²) < 4.78 is 5.28. The van der Waals surface area contributed by atoms with Gasteiger partial charge in [0.25, 0.3) is 0 Å². The summed E-state index contributed by atoms with van der Waals surface area (Å²) in [6.07, 6.45) is 3.66. The van der Waals surface area contributed by atoms with E-state index in [1.165, 1.54) is 19.3 Å². The van der Waals surface area contributed by atoms with E-state index >= 15 is 0 Å². The van der Waals surface area contributed by atoms with Crippen LogP contribution < -0.4 is 15.4 Å². The summed E-state index contributed by atoms with van der Waals surface area (Å²) >= 11 is 0. The van der Waals surface area contributed by atoms with E-state index in [-0.39, 0.29) is 6.61 Å². The number of hydrogen-bond donors (Lipinski definition) is 2. The lowest BCUT2D eigenvalue weighted by Gasteiger charge is -2.40. The molecule has 0 heterocycles. The summed E-state index contributed by atoms with van der Waals surface area (Å²) in [5.74, 6) is 0.837. The fourth-order valence-corrected chi connectivity index (χ4v) is 2.42. The first-order valence-corrected chi connectivity index (χ1v) is 6.54. The molecule has 2 rings (SSSR count). The molecule has 4 nitrogen and oxygen atoms in total. The monoisotopic (exact) mass is 250 g/mol. The van der Waals surface area contributed by atoms with Gasteiger partial charge in [-0.05, 0) is 30.9 Å². The van der Waals surface area contributed by atoms with E-state index in [0.717, 1.165) is 17.0 Å². The van der Waals surface area contributed by atoms with Gasteiger partial charge in [0.2, 0.25) is 0 Å². The van der Waals surface area contributed by atoms with Crippen LogP contribution in [0.25, 0.3) is 0 Å². The van der Waals surface area contributed by atoms with Crippen molar-refractivity contribution in [2.75, 3.05) is 25.2 Å². The van der Waals surface area contributed by atoms with Crippen molar-refractivity contribution in [1.29, 1.82) is 0 Å². The quantitative estimate of drug-likeness (QED) is 0.803. The number of aliphatic hydroxyl groups is 1. The molecule has 0 spiro atoms. The Morgan fingerprint density at radius 2 is 2.22 bits per heavy atom. The number of methoxy groups -OCH3 is 1. The number of nitrogens with two attached hydrogens (primary N) is 1. The van der Waals surface area contributed by atoms with Crippen LogP contribution in [0.5, 0.6) is 5.75 Å². The highest BCUT2D eigenvalue weighted by molar-refractivity contribution is 5.58. The van der Waals surface area contributed by atoms with Crippen LogP contribution in [0, 0.1) is 0 Å². The number of nitrogens with zero attached hydrogens (tertiary/aromatic N) is 1. The maximum Gasteiger partial charge on any atom is 0.120 e. The number of rotatable bonds is 6. The van der Waals surface area contributed by atoms with Gasteiger partial charge in [0.05, 0.1) is 13.7 Å². The van der Waals surface area contributed by atoms with E-state index in [1.54, 1.807) is 7.11 Å². The van der Waals surface area contributed by atoms with Gasteiger partial charge in [-0.2, -0.15) is 0 Å². The third kappa shape index (κ3) is 2.60. The second-order valence-corrected chi connectivity index (χ2v) is 4.70. The van der Waals surface area contributed by atoms with Crippen molar-refractivity contribution in [3.63, 3.8) is 0 Å². The lowest BCUT2D eigenvalue weighted by Crippen LogP contribution is -2.42. The number of benzene rings is 1. The lowest BCUT2D eigenvalue weighted by molar-refractivity contribution is 0.283. The first kappa shape index (κ1) is 13.2. The standard InChI is InChI=1S/C14H22N2O2/c1-18-13-6-5-11(10-15)14(9-13)16(7-8-17)12-3-2-4-12/h5-6,9,12,17H,2-4,7-8,10,15H2,1H3. The zero-order valence-corrected chi connectivity index (χ0v) is 10.9. The summed E-state index contributed by atoms with van der Waals surface area (Å²) in [4.78, 5) is 2.27. The van der Waals surface area contributed by atoms with Crippen molar-refractivity contribution < 1.29 is 9.84 Å². The Labute approximate surface area is 108 Å². The van der Waals surface area contributed by atoms with Gasteiger partial charge in [-0.25, -0.2) is 0 Å². The average Bonchev–Trinajstić information content (AvgIpc) is 2.35. The predicted octanol–water partition coefficient (Wildman–Crippen LogP) is 1.51. The first-order valence-electron chi connectivity index (χ1n) is 6.54. The first-order chi connectivity index (χ1) is 8.80. The Morgan fingerprint density at radius 3 is 2.72 bits per heavy atom. The minimum Gasteiger partial charge on any atom is -0.497 e. The normalized spacial score (nSPS) is 15.3. The predicted molar refractivity (Wildman–Crippen MR) is 73.0 cm³/mol. The maximum atomic E-state index is 9.25. The number of hydrogen-bond acceptors (Lipinski definition) is 4. The fourth-order valence-electron chi connectivity index (χ4n) is 2.42. The van der Waals surface area contributed by atoms with Crippen LogP contribution in [0.2, 0.25) is 0 Å². The van der Waals surface area contributed by atoms with Crippen LogP contribution in [-0.2, 0) is 6.54 Å². The van der Waals surface area contributed by atoms with Gasteiger partial charge in [0, 0.05) is 30.9 Å². The highest BCUT2D eigenvalue weighted by Gasteiger charge is 2.26. The molecule has 1 aromatic carbocycles. The van der Waals surface area contributed by atoms with Crippen molar-refractivity contribution in [2.24, 2.45) is 5.73 Å².